The predicted molar refractivity (Wildman–Crippen MR) is 88.9 cm³/mol. The number of hydrazone groups is 1. The highest BCUT2D eigenvalue weighted by molar-refractivity contribution is 6.32. The van der Waals surface area contributed by atoms with Gasteiger partial charge in [-0.15, -0.1) is 0 Å². The van der Waals surface area contributed by atoms with E-state index in [0.717, 1.165) is 0 Å². The molecule has 124 valence electrons. The van der Waals surface area contributed by atoms with E-state index >= 15 is 0 Å². The molecule has 0 atom stereocenters. The van der Waals surface area contributed by atoms with Gasteiger partial charge in [0, 0.05) is 12.3 Å². The van der Waals surface area contributed by atoms with Crippen LogP contribution in [0.5, 0.6) is 11.5 Å². The van der Waals surface area contributed by atoms with Crippen LogP contribution in [0.15, 0.2) is 46.4 Å². The number of fused-ring (bicyclic) bond motifs is 1. The van der Waals surface area contributed by atoms with Crippen LogP contribution >= 0.6 is 11.6 Å². The maximum Gasteiger partial charge on any atom is 0.260 e. The molecule has 8 heteroatoms. The summed E-state index contributed by atoms with van der Waals surface area (Å²) in [5, 5.41) is 4.28. The third kappa shape index (κ3) is 3.75. The number of nitrogens with zero attached hydrogens (tertiary/aromatic N) is 2. The molecule has 0 bridgehead atoms. The maximum absolute atomic E-state index is 11.8. The molecule has 0 spiro atoms. The summed E-state index contributed by atoms with van der Waals surface area (Å²) in [7, 11) is 0. The van der Waals surface area contributed by atoms with Gasteiger partial charge >= 0.3 is 0 Å². The van der Waals surface area contributed by atoms with Crippen molar-refractivity contribution in [1.82, 2.24) is 9.99 Å². The van der Waals surface area contributed by atoms with E-state index in [4.69, 9.17) is 21.1 Å². The number of hydrogen-bond donors (Lipinski definition) is 1. The first-order valence-electron chi connectivity index (χ1n) is 7.20. The van der Waals surface area contributed by atoms with Crippen molar-refractivity contribution in [1.29, 1.82) is 0 Å². The molecule has 7 nitrogen and oxygen atoms in total. The Morgan fingerprint density at radius 3 is 3.00 bits per heavy atom. The number of aromatic nitrogens is 1. The lowest BCUT2D eigenvalue weighted by molar-refractivity contribution is -0.121. The molecule has 1 N–H and O–H groups in total. The first kappa shape index (κ1) is 16.1. The van der Waals surface area contributed by atoms with Crippen LogP contribution in [0.2, 0.25) is 5.02 Å². The molecule has 0 radical (unpaired) electrons. The van der Waals surface area contributed by atoms with Crippen LogP contribution in [0.1, 0.15) is 5.56 Å². The molecular formula is C16H14ClN3O4. The van der Waals surface area contributed by atoms with Gasteiger partial charge in [-0.2, -0.15) is 5.10 Å². The van der Waals surface area contributed by atoms with Crippen LogP contribution in [-0.4, -0.2) is 29.9 Å². The van der Waals surface area contributed by atoms with Gasteiger partial charge in [0.2, 0.25) is 0 Å². The van der Waals surface area contributed by atoms with Crippen molar-refractivity contribution in [2.24, 2.45) is 5.10 Å². The molecule has 2 heterocycles. The number of halogens is 1. The molecule has 1 aliphatic heterocycles. The minimum absolute atomic E-state index is 0.112. The van der Waals surface area contributed by atoms with Gasteiger partial charge in [-0.3, -0.25) is 9.59 Å². The Balaban J connectivity index is 1.64. The number of ether oxygens (including phenoxy) is 2. The molecule has 0 saturated carbocycles. The van der Waals surface area contributed by atoms with E-state index in [-0.39, 0.29) is 12.1 Å². The van der Waals surface area contributed by atoms with Gasteiger partial charge in [0.05, 0.1) is 11.2 Å². The molecule has 1 aromatic carbocycles. The Hall–Kier alpha value is -2.80. The fourth-order valence-electron chi connectivity index (χ4n) is 2.17. The Morgan fingerprint density at radius 1 is 1.33 bits per heavy atom. The largest absolute Gasteiger partial charge is 0.486 e. The summed E-state index contributed by atoms with van der Waals surface area (Å²) in [6, 6.07) is 8.05. The fourth-order valence-corrected chi connectivity index (χ4v) is 2.44. The van der Waals surface area contributed by atoms with E-state index in [9.17, 15) is 9.59 Å². The van der Waals surface area contributed by atoms with E-state index in [1.807, 2.05) is 0 Å². The number of hydrogen-bond acceptors (Lipinski definition) is 5. The second kappa shape index (κ2) is 7.18. The van der Waals surface area contributed by atoms with Gasteiger partial charge < -0.3 is 14.0 Å². The van der Waals surface area contributed by atoms with Gasteiger partial charge in [-0.05, 0) is 23.8 Å². The lowest BCUT2D eigenvalue weighted by Gasteiger charge is -2.19. The summed E-state index contributed by atoms with van der Waals surface area (Å²) in [4.78, 5) is 23.3. The van der Waals surface area contributed by atoms with Gasteiger partial charge in [0.15, 0.2) is 11.5 Å². The van der Waals surface area contributed by atoms with Crippen molar-refractivity contribution in [2.75, 3.05) is 13.2 Å². The molecule has 24 heavy (non-hydrogen) atoms. The summed E-state index contributed by atoms with van der Waals surface area (Å²) in [5.41, 5.74) is 2.76. The molecule has 1 aliphatic rings. The van der Waals surface area contributed by atoms with Crippen molar-refractivity contribution in [3.05, 3.63) is 57.5 Å². The normalized spacial score (nSPS) is 13.0. The van der Waals surface area contributed by atoms with Crippen molar-refractivity contribution in [2.45, 2.75) is 6.54 Å². The van der Waals surface area contributed by atoms with E-state index in [1.54, 1.807) is 24.3 Å². The lowest BCUT2D eigenvalue weighted by atomic mass is 10.2. The van der Waals surface area contributed by atoms with Gasteiger partial charge in [0.25, 0.3) is 11.5 Å². The van der Waals surface area contributed by atoms with Gasteiger partial charge in [-0.25, -0.2) is 5.43 Å². The van der Waals surface area contributed by atoms with Crippen LogP contribution in [0.4, 0.5) is 0 Å². The smallest absolute Gasteiger partial charge is 0.260 e. The zero-order valence-electron chi connectivity index (χ0n) is 12.6. The fraction of sp³-hybridized carbons (Fsp3) is 0.188. The Kier molecular flexibility index (Phi) is 4.81. The van der Waals surface area contributed by atoms with Crippen molar-refractivity contribution in [3.63, 3.8) is 0 Å². The third-order valence-corrected chi connectivity index (χ3v) is 3.52. The predicted octanol–water partition coefficient (Wildman–Crippen LogP) is 1.42. The number of benzene rings is 1. The van der Waals surface area contributed by atoms with Crippen molar-refractivity contribution in [3.8, 4) is 11.5 Å². The summed E-state index contributed by atoms with van der Waals surface area (Å²) in [6.07, 6.45) is 2.97. The van der Waals surface area contributed by atoms with E-state index in [2.05, 4.69) is 10.5 Å². The first-order chi connectivity index (χ1) is 11.6. The van der Waals surface area contributed by atoms with Crippen LogP contribution in [0.3, 0.4) is 0 Å². The summed E-state index contributed by atoms with van der Waals surface area (Å²) in [6.45, 7) is 0.792. The van der Waals surface area contributed by atoms with E-state index < -0.39 is 5.91 Å². The highest BCUT2D eigenvalue weighted by Crippen LogP contribution is 2.37. The highest BCUT2D eigenvalue weighted by Gasteiger charge is 2.16. The Labute approximate surface area is 142 Å². The topological polar surface area (TPSA) is 81.9 Å². The zero-order chi connectivity index (χ0) is 16.9. The summed E-state index contributed by atoms with van der Waals surface area (Å²) < 4.78 is 12.2. The zero-order valence-corrected chi connectivity index (χ0v) is 13.3. The number of rotatable bonds is 4. The first-order valence-corrected chi connectivity index (χ1v) is 7.58. The molecule has 1 amide bonds. The van der Waals surface area contributed by atoms with E-state index in [1.165, 1.54) is 23.0 Å². The Bertz CT molecular complexity index is 847. The number of nitrogens with one attached hydrogen (secondary N) is 1. The summed E-state index contributed by atoms with van der Waals surface area (Å²) >= 11 is 6.12. The molecule has 0 aliphatic carbocycles. The standard InChI is InChI=1S/C16H14ClN3O4/c17-12-7-11(8-13-16(12)24-6-5-23-13)9-18-19-14(21)10-20-4-2-1-3-15(20)22/h1-4,7-9H,5-6,10H2,(H,19,21)/b18-9-. The average molecular weight is 348 g/mol. The molecule has 1 aromatic heterocycles. The van der Waals surface area contributed by atoms with Crippen LogP contribution in [0.25, 0.3) is 0 Å². The van der Waals surface area contributed by atoms with Gasteiger partial charge in [0.1, 0.15) is 19.8 Å². The molecule has 2 aromatic rings. The van der Waals surface area contributed by atoms with Crippen molar-refractivity contribution >= 4 is 23.7 Å². The monoisotopic (exact) mass is 347 g/mol. The summed E-state index contributed by atoms with van der Waals surface area (Å²) in [5.74, 6) is 0.633. The SMILES string of the molecule is O=C(Cn1ccccc1=O)N/N=C\c1cc(Cl)c2c(c1)OCCO2. The highest BCUT2D eigenvalue weighted by atomic mass is 35.5. The van der Waals surface area contributed by atoms with Crippen LogP contribution in [0, 0.1) is 0 Å². The van der Waals surface area contributed by atoms with Gasteiger partial charge in [-0.1, -0.05) is 17.7 Å². The van der Waals surface area contributed by atoms with E-state index in [0.29, 0.717) is 35.3 Å². The molecule has 0 saturated heterocycles. The minimum atomic E-state index is -0.414. The van der Waals surface area contributed by atoms with Crippen molar-refractivity contribution < 1.29 is 14.3 Å². The minimum Gasteiger partial charge on any atom is -0.486 e. The quantitative estimate of drug-likeness (QED) is 0.670. The second-order valence-corrected chi connectivity index (χ2v) is 5.39. The maximum atomic E-state index is 11.8. The molecule has 3 rings (SSSR count). The average Bonchev–Trinajstić information content (AvgIpc) is 2.57. The number of amides is 1. The lowest BCUT2D eigenvalue weighted by Crippen LogP contribution is -2.28. The number of carbonyl (C=O) groups is 1. The molecule has 0 fully saturated rings. The Morgan fingerprint density at radius 2 is 2.17 bits per heavy atom. The molecule has 0 unspecified atom stereocenters. The molecular weight excluding hydrogens is 334 g/mol. The van der Waals surface area contributed by atoms with Crippen LogP contribution in [-0.2, 0) is 11.3 Å². The van der Waals surface area contributed by atoms with Crippen LogP contribution < -0.4 is 20.5 Å². The number of carbonyl (C=O) groups excluding carboxylic acids is 1. The third-order valence-electron chi connectivity index (χ3n) is 3.23. The second-order valence-electron chi connectivity index (χ2n) is 4.99. The number of pyridine rings is 1.